The number of rotatable bonds is 6. The van der Waals surface area contributed by atoms with Crippen molar-refractivity contribution in [1.82, 2.24) is 0 Å². The van der Waals surface area contributed by atoms with Crippen molar-refractivity contribution < 1.29 is 17.9 Å². The number of ketones is 1. The predicted octanol–water partition coefficient (Wildman–Crippen LogP) is 4.02. The van der Waals surface area contributed by atoms with Crippen molar-refractivity contribution in [3.63, 3.8) is 0 Å². The summed E-state index contributed by atoms with van der Waals surface area (Å²) < 4.78 is 30.2. The molecular weight excluding hydrogens is 373 g/mol. The van der Waals surface area contributed by atoms with Gasteiger partial charge in [-0.15, -0.1) is 0 Å². The average Bonchev–Trinajstić information content (AvgIpc) is 2.50. The molecule has 2 aromatic carbocycles. The highest BCUT2D eigenvalue weighted by molar-refractivity contribution is 7.92. The number of nitrogens with one attached hydrogen (secondary N) is 1. The van der Waals surface area contributed by atoms with Gasteiger partial charge in [0.1, 0.15) is 10.8 Å². The highest BCUT2D eigenvalue weighted by atomic mass is 35.5. The predicted molar refractivity (Wildman–Crippen MR) is 95.8 cm³/mol. The Hall–Kier alpha value is -1.76. The maximum absolute atomic E-state index is 12.4. The largest absolute Gasteiger partial charge is 0.481 e. The highest BCUT2D eigenvalue weighted by Crippen LogP contribution is 2.32. The fourth-order valence-corrected chi connectivity index (χ4v) is 2.87. The summed E-state index contributed by atoms with van der Waals surface area (Å²) in [6.45, 7) is 1.60. The number of hydrogen-bond donors (Lipinski definition) is 1. The maximum atomic E-state index is 12.4. The highest BCUT2D eigenvalue weighted by Gasteiger charge is 2.19. The Bertz CT molecular complexity index is 851. The molecule has 0 fully saturated rings. The van der Waals surface area contributed by atoms with E-state index >= 15 is 0 Å². The Labute approximate surface area is 150 Å². The van der Waals surface area contributed by atoms with Crippen molar-refractivity contribution in [1.29, 1.82) is 0 Å². The minimum atomic E-state index is -3.36. The minimum absolute atomic E-state index is 0.242. The van der Waals surface area contributed by atoms with Gasteiger partial charge in [-0.2, -0.15) is 0 Å². The number of halogens is 2. The smallest absolute Gasteiger partial charge is 0.229 e. The quantitative estimate of drug-likeness (QED) is 0.759. The summed E-state index contributed by atoms with van der Waals surface area (Å²) in [5, 5.41) is 0.580. The normalized spacial score (nSPS) is 12.5. The molecule has 0 amide bonds. The van der Waals surface area contributed by atoms with Crippen LogP contribution in [0.25, 0.3) is 0 Å². The third-order valence-electron chi connectivity index (χ3n) is 3.06. The zero-order valence-corrected chi connectivity index (χ0v) is 15.2. The first-order chi connectivity index (χ1) is 11.2. The van der Waals surface area contributed by atoms with Crippen LogP contribution in [-0.2, 0) is 10.0 Å². The van der Waals surface area contributed by atoms with Crippen molar-refractivity contribution in [3.8, 4) is 5.75 Å². The second kappa shape index (κ2) is 7.42. The lowest BCUT2D eigenvalue weighted by atomic mass is 10.1. The topological polar surface area (TPSA) is 72.5 Å². The maximum Gasteiger partial charge on any atom is 0.229 e. The van der Waals surface area contributed by atoms with Gasteiger partial charge in [0.25, 0.3) is 0 Å². The molecule has 0 saturated carbocycles. The van der Waals surface area contributed by atoms with E-state index in [0.29, 0.717) is 22.0 Å². The summed E-state index contributed by atoms with van der Waals surface area (Å²) in [5.74, 6) is 0.0531. The van der Waals surface area contributed by atoms with Gasteiger partial charge < -0.3 is 4.74 Å². The van der Waals surface area contributed by atoms with Crippen LogP contribution in [0.1, 0.15) is 17.3 Å². The summed E-state index contributed by atoms with van der Waals surface area (Å²) in [7, 11) is -3.36. The fourth-order valence-electron chi connectivity index (χ4n) is 1.97. The number of carbonyl (C=O) groups is 1. The van der Waals surface area contributed by atoms with E-state index in [-0.39, 0.29) is 10.8 Å². The third kappa shape index (κ3) is 4.87. The summed E-state index contributed by atoms with van der Waals surface area (Å²) in [4.78, 5) is 12.4. The second-order valence-corrected chi connectivity index (χ2v) is 7.66. The van der Waals surface area contributed by atoms with Gasteiger partial charge in [-0.1, -0.05) is 29.3 Å². The number of anilines is 1. The van der Waals surface area contributed by atoms with Gasteiger partial charge in [-0.05, 0) is 43.3 Å². The molecule has 2 rings (SSSR count). The van der Waals surface area contributed by atoms with Crippen LogP contribution in [0, 0.1) is 0 Å². The van der Waals surface area contributed by atoms with E-state index in [9.17, 15) is 13.2 Å². The first-order valence-corrected chi connectivity index (χ1v) is 9.55. The molecule has 24 heavy (non-hydrogen) atoms. The number of hydrogen-bond acceptors (Lipinski definition) is 4. The first-order valence-electron chi connectivity index (χ1n) is 6.90. The summed E-state index contributed by atoms with van der Waals surface area (Å²) in [6.07, 6.45) is 0.270. The van der Waals surface area contributed by atoms with Gasteiger partial charge >= 0.3 is 0 Å². The van der Waals surface area contributed by atoms with E-state index in [1.54, 1.807) is 25.1 Å². The van der Waals surface area contributed by atoms with Crippen LogP contribution in [-0.4, -0.2) is 26.6 Å². The van der Waals surface area contributed by atoms with E-state index < -0.39 is 16.1 Å². The van der Waals surface area contributed by atoms with E-state index in [4.69, 9.17) is 27.9 Å². The molecule has 0 bridgehead atoms. The second-order valence-electron chi connectivity index (χ2n) is 5.13. The summed E-state index contributed by atoms with van der Waals surface area (Å²) in [5.41, 5.74) is 0.764. The van der Waals surface area contributed by atoms with E-state index in [0.717, 1.165) is 6.26 Å². The molecule has 0 heterocycles. The molecule has 0 aromatic heterocycles. The Morgan fingerprint density at radius 3 is 2.33 bits per heavy atom. The van der Waals surface area contributed by atoms with Gasteiger partial charge in [0, 0.05) is 11.3 Å². The standard InChI is InChI=1S/C16H15Cl2NO4S/c1-10(23-14-5-3-4-13(17)15(14)18)16(20)11-6-8-12(9-7-11)19-24(2,21)22/h3-10,19H,1-2H3/t10-/m1/s1. The Morgan fingerprint density at radius 2 is 1.75 bits per heavy atom. The molecule has 0 aliphatic rings. The van der Waals surface area contributed by atoms with Crippen molar-refractivity contribution >= 4 is 44.7 Å². The summed E-state index contributed by atoms with van der Waals surface area (Å²) in [6, 6.07) is 11.0. The van der Waals surface area contributed by atoms with E-state index in [2.05, 4.69) is 4.72 Å². The van der Waals surface area contributed by atoms with Gasteiger partial charge in [-0.3, -0.25) is 9.52 Å². The van der Waals surface area contributed by atoms with Gasteiger partial charge in [0.05, 0.1) is 11.3 Å². The van der Waals surface area contributed by atoms with Crippen molar-refractivity contribution in [2.75, 3.05) is 11.0 Å². The molecule has 5 nitrogen and oxygen atoms in total. The molecule has 0 radical (unpaired) electrons. The number of Topliss-reactive ketones (excluding diaryl/α,β-unsaturated/α-hetero) is 1. The van der Waals surface area contributed by atoms with Crippen LogP contribution >= 0.6 is 23.2 Å². The lowest BCUT2D eigenvalue weighted by Gasteiger charge is -2.15. The Kier molecular flexibility index (Phi) is 5.74. The van der Waals surface area contributed by atoms with Crippen LogP contribution in [0.3, 0.4) is 0 Å². The molecular formula is C16H15Cl2NO4S. The minimum Gasteiger partial charge on any atom is -0.481 e. The molecule has 8 heteroatoms. The number of ether oxygens (including phenoxy) is 1. The van der Waals surface area contributed by atoms with Crippen LogP contribution in [0.2, 0.25) is 10.0 Å². The SMILES string of the molecule is C[C@@H](Oc1cccc(Cl)c1Cl)C(=O)c1ccc(NS(C)(=O)=O)cc1. The average molecular weight is 388 g/mol. The molecule has 0 aliphatic heterocycles. The zero-order valence-electron chi connectivity index (χ0n) is 12.9. The molecule has 0 unspecified atom stereocenters. The molecule has 1 N–H and O–H groups in total. The number of sulfonamides is 1. The van der Waals surface area contributed by atoms with Crippen LogP contribution in [0.4, 0.5) is 5.69 Å². The molecule has 0 saturated heterocycles. The molecule has 0 aliphatic carbocycles. The van der Waals surface area contributed by atoms with Gasteiger partial charge in [0.15, 0.2) is 6.10 Å². The van der Waals surface area contributed by atoms with E-state index in [1.165, 1.54) is 24.3 Å². The number of benzene rings is 2. The molecule has 1 atom stereocenters. The van der Waals surface area contributed by atoms with E-state index in [1.807, 2.05) is 0 Å². The third-order valence-corrected chi connectivity index (χ3v) is 4.47. The molecule has 2 aromatic rings. The summed E-state index contributed by atoms with van der Waals surface area (Å²) >= 11 is 11.9. The molecule has 128 valence electrons. The monoisotopic (exact) mass is 387 g/mol. The zero-order chi connectivity index (χ0) is 17.9. The van der Waals surface area contributed by atoms with Crippen LogP contribution in [0.5, 0.6) is 5.75 Å². The lowest BCUT2D eigenvalue weighted by Crippen LogP contribution is -2.24. The fraction of sp³-hybridized carbons (Fsp3) is 0.188. The number of carbonyl (C=O) groups excluding carboxylic acids is 1. The van der Waals surface area contributed by atoms with Crippen LogP contribution in [0.15, 0.2) is 42.5 Å². The van der Waals surface area contributed by atoms with Crippen LogP contribution < -0.4 is 9.46 Å². The van der Waals surface area contributed by atoms with Crippen molar-refractivity contribution in [3.05, 3.63) is 58.1 Å². The van der Waals surface area contributed by atoms with Crippen molar-refractivity contribution in [2.24, 2.45) is 0 Å². The Morgan fingerprint density at radius 1 is 1.12 bits per heavy atom. The molecule has 0 spiro atoms. The van der Waals surface area contributed by atoms with Gasteiger partial charge in [-0.25, -0.2) is 8.42 Å². The lowest BCUT2D eigenvalue weighted by molar-refractivity contribution is 0.0818. The van der Waals surface area contributed by atoms with Gasteiger partial charge in [0.2, 0.25) is 15.8 Å². The Balaban J connectivity index is 2.12. The van der Waals surface area contributed by atoms with Crippen molar-refractivity contribution in [2.45, 2.75) is 13.0 Å². The first kappa shape index (κ1) is 18.6.